The number of rotatable bonds is 9. The average Bonchev–Trinajstić information content (AvgIpc) is 2.59. The second kappa shape index (κ2) is 8.44. The molecule has 0 atom stereocenters. The SMILES string of the molecule is O=S(=O)(CCCCCCS(=O)(=O)c1ccccc1)c1ccccc1. The standard InChI is InChI=1S/C18H22O4S2/c19-23(20,17-11-5-3-6-12-17)15-9-1-2-10-16-24(21,22)18-13-7-4-8-14-18/h3-8,11-14H,1-2,9-10,15-16H2. The molecule has 130 valence electrons. The van der Waals surface area contributed by atoms with Gasteiger partial charge in [0.25, 0.3) is 0 Å². The lowest BCUT2D eigenvalue weighted by Gasteiger charge is -2.06. The van der Waals surface area contributed by atoms with Gasteiger partial charge in [-0.2, -0.15) is 0 Å². The highest BCUT2D eigenvalue weighted by atomic mass is 32.2. The minimum absolute atomic E-state index is 0.0997. The maximum absolute atomic E-state index is 12.1. The maximum atomic E-state index is 12.1. The lowest BCUT2D eigenvalue weighted by Crippen LogP contribution is -2.08. The third kappa shape index (κ3) is 5.46. The Kier molecular flexibility index (Phi) is 6.57. The Hall–Kier alpha value is -1.66. The van der Waals surface area contributed by atoms with Crippen molar-refractivity contribution in [1.82, 2.24) is 0 Å². The zero-order valence-corrected chi connectivity index (χ0v) is 15.1. The molecule has 0 aliphatic heterocycles. The van der Waals surface area contributed by atoms with E-state index in [-0.39, 0.29) is 11.5 Å². The molecule has 2 aromatic carbocycles. The predicted octanol–water partition coefficient (Wildman–Crippen LogP) is 3.49. The Morgan fingerprint density at radius 1 is 0.500 bits per heavy atom. The molecule has 0 radical (unpaired) electrons. The summed E-state index contributed by atoms with van der Waals surface area (Å²) in [4.78, 5) is 0.688. The van der Waals surface area contributed by atoms with Crippen LogP contribution in [0.1, 0.15) is 25.7 Å². The molecule has 6 heteroatoms. The van der Waals surface area contributed by atoms with Crippen molar-refractivity contribution in [3.8, 4) is 0 Å². The summed E-state index contributed by atoms with van der Waals surface area (Å²) in [5, 5.41) is 0. The Morgan fingerprint density at radius 2 is 0.833 bits per heavy atom. The maximum Gasteiger partial charge on any atom is 0.178 e. The van der Waals surface area contributed by atoms with Crippen molar-refractivity contribution in [2.24, 2.45) is 0 Å². The van der Waals surface area contributed by atoms with Crippen LogP contribution in [0.5, 0.6) is 0 Å². The van der Waals surface area contributed by atoms with Gasteiger partial charge in [-0.25, -0.2) is 16.8 Å². The van der Waals surface area contributed by atoms with Crippen molar-refractivity contribution >= 4 is 19.7 Å². The van der Waals surface area contributed by atoms with Gasteiger partial charge in [-0.3, -0.25) is 0 Å². The minimum atomic E-state index is -3.24. The van der Waals surface area contributed by atoms with Gasteiger partial charge in [0, 0.05) is 0 Å². The van der Waals surface area contributed by atoms with Gasteiger partial charge < -0.3 is 0 Å². The van der Waals surface area contributed by atoms with Gasteiger partial charge in [-0.1, -0.05) is 49.2 Å². The fourth-order valence-corrected chi connectivity index (χ4v) is 5.21. The molecular weight excluding hydrogens is 344 g/mol. The van der Waals surface area contributed by atoms with Crippen molar-refractivity contribution in [3.63, 3.8) is 0 Å². The van der Waals surface area contributed by atoms with Crippen molar-refractivity contribution in [1.29, 1.82) is 0 Å². The van der Waals surface area contributed by atoms with Crippen LogP contribution in [0, 0.1) is 0 Å². The van der Waals surface area contributed by atoms with Crippen molar-refractivity contribution < 1.29 is 16.8 Å². The summed E-state index contributed by atoms with van der Waals surface area (Å²) in [6.07, 6.45) is 2.50. The van der Waals surface area contributed by atoms with E-state index in [1.165, 1.54) is 0 Å². The first kappa shape index (κ1) is 18.7. The number of benzene rings is 2. The molecule has 0 unspecified atom stereocenters. The highest BCUT2D eigenvalue weighted by Crippen LogP contribution is 2.15. The van der Waals surface area contributed by atoms with Gasteiger partial charge in [0.2, 0.25) is 0 Å². The fourth-order valence-electron chi connectivity index (χ4n) is 2.43. The van der Waals surface area contributed by atoms with E-state index in [0.29, 0.717) is 35.5 Å². The fraction of sp³-hybridized carbons (Fsp3) is 0.333. The summed E-state index contributed by atoms with van der Waals surface area (Å²) in [7, 11) is -6.47. The van der Waals surface area contributed by atoms with Gasteiger partial charge in [0.15, 0.2) is 19.7 Å². The topological polar surface area (TPSA) is 68.3 Å². The molecule has 0 fully saturated rings. The van der Waals surface area contributed by atoms with Crippen LogP contribution >= 0.6 is 0 Å². The molecule has 0 bridgehead atoms. The summed E-state index contributed by atoms with van der Waals surface area (Å²) in [6.45, 7) is 0. The molecule has 0 aliphatic rings. The van der Waals surface area contributed by atoms with E-state index in [1.54, 1.807) is 60.7 Å². The number of unbranched alkanes of at least 4 members (excludes halogenated alkanes) is 3. The third-order valence-electron chi connectivity index (χ3n) is 3.78. The molecular formula is C18H22O4S2. The van der Waals surface area contributed by atoms with Gasteiger partial charge >= 0.3 is 0 Å². The molecule has 0 spiro atoms. The number of hydrogen-bond donors (Lipinski definition) is 0. The molecule has 2 rings (SSSR count). The lowest BCUT2D eigenvalue weighted by molar-refractivity contribution is 0.582. The second-order valence-corrected chi connectivity index (χ2v) is 9.90. The third-order valence-corrected chi connectivity index (χ3v) is 7.41. The summed E-state index contributed by atoms with van der Waals surface area (Å²) in [6, 6.07) is 16.8. The number of hydrogen-bond acceptors (Lipinski definition) is 4. The van der Waals surface area contributed by atoms with Gasteiger partial charge in [-0.15, -0.1) is 0 Å². The van der Waals surface area contributed by atoms with Crippen LogP contribution in [0.4, 0.5) is 0 Å². The first-order valence-corrected chi connectivity index (χ1v) is 11.3. The van der Waals surface area contributed by atoms with Crippen molar-refractivity contribution in [2.45, 2.75) is 35.5 Å². The van der Waals surface area contributed by atoms with E-state index in [9.17, 15) is 16.8 Å². The normalized spacial score (nSPS) is 12.2. The molecule has 0 heterocycles. The molecule has 24 heavy (non-hydrogen) atoms. The molecule has 0 amide bonds. The van der Waals surface area contributed by atoms with Crippen LogP contribution in [0.3, 0.4) is 0 Å². The van der Waals surface area contributed by atoms with E-state index in [4.69, 9.17) is 0 Å². The number of sulfone groups is 2. The molecule has 4 nitrogen and oxygen atoms in total. The molecule has 0 saturated carbocycles. The quantitative estimate of drug-likeness (QED) is 0.637. The summed E-state index contributed by atoms with van der Waals surface area (Å²) >= 11 is 0. The van der Waals surface area contributed by atoms with Gasteiger partial charge in [0.1, 0.15) is 0 Å². The summed E-state index contributed by atoms with van der Waals surface area (Å²) < 4.78 is 48.5. The highest BCUT2D eigenvalue weighted by Gasteiger charge is 2.14. The molecule has 0 aromatic heterocycles. The van der Waals surface area contributed by atoms with Crippen molar-refractivity contribution in [2.75, 3.05) is 11.5 Å². The minimum Gasteiger partial charge on any atom is -0.224 e. The Bertz CT molecular complexity index is 754. The monoisotopic (exact) mass is 366 g/mol. The first-order valence-electron chi connectivity index (χ1n) is 7.97. The lowest BCUT2D eigenvalue weighted by atomic mass is 10.2. The van der Waals surface area contributed by atoms with Crippen LogP contribution < -0.4 is 0 Å². The Labute approximate surface area is 144 Å². The highest BCUT2D eigenvalue weighted by molar-refractivity contribution is 7.91. The van der Waals surface area contributed by atoms with Crippen molar-refractivity contribution in [3.05, 3.63) is 60.7 Å². The van der Waals surface area contributed by atoms with Gasteiger partial charge in [0.05, 0.1) is 21.3 Å². The zero-order chi connectivity index (χ0) is 17.5. The van der Waals surface area contributed by atoms with Crippen LogP contribution in [0.2, 0.25) is 0 Å². The van der Waals surface area contributed by atoms with E-state index < -0.39 is 19.7 Å². The smallest absolute Gasteiger partial charge is 0.178 e. The summed E-state index contributed by atoms with van der Waals surface area (Å²) in [5.74, 6) is 0.199. The van der Waals surface area contributed by atoms with E-state index in [2.05, 4.69) is 0 Å². The predicted molar refractivity (Wildman–Crippen MR) is 95.5 cm³/mol. The molecule has 0 aliphatic carbocycles. The van der Waals surface area contributed by atoms with E-state index >= 15 is 0 Å². The molecule has 2 aromatic rings. The Morgan fingerprint density at radius 3 is 1.17 bits per heavy atom. The largest absolute Gasteiger partial charge is 0.224 e. The first-order chi connectivity index (χ1) is 11.4. The Balaban J connectivity index is 1.72. The molecule has 0 saturated heterocycles. The van der Waals surface area contributed by atoms with Crippen LogP contribution in [-0.4, -0.2) is 28.3 Å². The second-order valence-electron chi connectivity index (χ2n) is 5.68. The zero-order valence-electron chi connectivity index (χ0n) is 13.5. The molecule has 0 N–H and O–H groups in total. The van der Waals surface area contributed by atoms with E-state index in [0.717, 1.165) is 0 Å². The van der Waals surface area contributed by atoms with Crippen LogP contribution in [-0.2, 0) is 19.7 Å². The van der Waals surface area contributed by atoms with Crippen LogP contribution in [0.15, 0.2) is 70.5 Å². The average molecular weight is 367 g/mol. The van der Waals surface area contributed by atoms with E-state index in [1.807, 2.05) is 0 Å². The summed E-state index contributed by atoms with van der Waals surface area (Å²) in [5.41, 5.74) is 0. The van der Waals surface area contributed by atoms with Crippen LogP contribution in [0.25, 0.3) is 0 Å². The van der Waals surface area contributed by atoms with Gasteiger partial charge in [-0.05, 0) is 37.1 Å².